The van der Waals surface area contributed by atoms with Crippen LogP contribution in [0.4, 0.5) is 10.5 Å². The second-order valence-electron chi connectivity index (χ2n) is 8.70. The van der Waals surface area contributed by atoms with E-state index in [0.29, 0.717) is 27.7 Å². The fourth-order valence-corrected chi connectivity index (χ4v) is 4.89. The minimum atomic E-state index is -0.223. The Morgan fingerprint density at radius 3 is 2.61 bits per heavy atom. The van der Waals surface area contributed by atoms with Crippen LogP contribution in [0.25, 0.3) is 21.3 Å². The summed E-state index contributed by atoms with van der Waals surface area (Å²) in [5.74, 6) is 0.152. The highest BCUT2D eigenvalue weighted by Crippen LogP contribution is 2.42. The quantitative estimate of drug-likeness (QED) is 0.353. The van der Waals surface area contributed by atoms with Gasteiger partial charge in [0.2, 0.25) is 0 Å². The number of aromatic hydroxyl groups is 1. The van der Waals surface area contributed by atoms with Gasteiger partial charge in [0.25, 0.3) is 5.91 Å². The Balaban J connectivity index is 1.29. The number of hydrogen-bond donors (Lipinski definition) is 3. The molecule has 2 aliphatic carbocycles. The first-order valence-corrected chi connectivity index (χ1v) is 11.9. The molecule has 33 heavy (non-hydrogen) atoms. The Morgan fingerprint density at radius 1 is 1.03 bits per heavy atom. The third-order valence-corrected chi connectivity index (χ3v) is 7.12. The molecule has 4 aromatic rings. The Hall–Kier alpha value is -3.65. The lowest BCUT2D eigenvalue weighted by Crippen LogP contribution is -2.32. The number of carbonyl (C=O) groups is 2. The van der Waals surface area contributed by atoms with Crippen LogP contribution in [0, 0.1) is 0 Å². The van der Waals surface area contributed by atoms with Crippen LogP contribution in [-0.2, 0) is 0 Å². The molecule has 0 bridgehead atoms. The Morgan fingerprint density at radius 2 is 1.85 bits per heavy atom. The number of fused-ring (bicyclic) bond motifs is 1. The number of rotatable bonds is 5. The predicted molar refractivity (Wildman–Crippen MR) is 128 cm³/mol. The first-order chi connectivity index (χ1) is 16.0. The van der Waals surface area contributed by atoms with E-state index < -0.39 is 0 Å². The van der Waals surface area contributed by atoms with Crippen LogP contribution < -0.4 is 10.6 Å². The molecule has 2 aromatic heterocycles. The van der Waals surface area contributed by atoms with Crippen LogP contribution in [0.5, 0.6) is 5.75 Å². The minimum absolute atomic E-state index is 0.0458. The van der Waals surface area contributed by atoms with Gasteiger partial charge < -0.3 is 15.7 Å². The lowest BCUT2D eigenvalue weighted by atomic mass is 10.1. The van der Waals surface area contributed by atoms with E-state index in [4.69, 9.17) is 0 Å². The first-order valence-electron chi connectivity index (χ1n) is 11.1. The van der Waals surface area contributed by atoms with Crippen LogP contribution >= 0.6 is 11.3 Å². The van der Waals surface area contributed by atoms with Gasteiger partial charge in [0.15, 0.2) is 0 Å². The zero-order valence-corrected chi connectivity index (χ0v) is 18.6. The molecule has 0 atom stereocenters. The van der Waals surface area contributed by atoms with Gasteiger partial charge in [-0.15, -0.1) is 11.3 Å². The highest BCUT2D eigenvalue weighted by molar-refractivity contribution is 7.20. The maximum atomic E-state index is 12.8. The highest BCUT2D eigenvalue weighted by Gasteiger charge is 2.32. The first kappa shape index (κ1) is 20.0. The van der Waals surface area contributed by atoms with Crippen LogP contribution in [0.15, 0.2) is 54.6 Å². The van der Waals surface area contributed by atoms with Crippen molar-refractivity contribution in [1.82, 2.24) is 15.1 Å². The maximum Gasteiger partial charge on any atom is 0.342 e. The number of phenols is 1. The van der Waals surface area contributed by atoms with Gasteiger partial charge in [0, 0.05) is 27.9 Å². The molecule has 7 nitrogen and oxygen atoms in total. The Labute approximate surface area is 194 Å². The van der Waals surface area contributed by atoms with Gasteiger partial charge in [-0.25, -0.2) is 4.79 Å². The van der Waals surface area contributed by atoms with Gasteiger partial charge in [-0.2, -0.15) is 9.78 Å². The monoisotopic (exact) mass is 458 g/mol. The Kier molecular flexibility index (Phi) is 4.69. The predicted octanol–water partition coefficient (Wildman–Crippen LogP) is 5.32. The van der Waals surface area contributed by atoms with Crippen molar-refractivity contribution < 1.29 is 14.7 Å². The highest BCUT2D eigenvalue weighted by atomic mass is 32.1. The molecule has 2 aliphatic rings. The van der Waals surface area contributed by atoms with Crippen molar-refractivity contribution in [3.05, 3.63) is 65.2 Å². The van der Waals surface area contributed by atoms with E-state index in [1.165, 1.54) is 22.1 Å². The Bertz CT molecular complexity index is 1360. The van der Waals surface area contributed by atoms with Gasteiger partial charge in [-0.1, -0.05) is 18.2 Å². The molecule has 166 valence electrons. The molecular weight excluding hydrogens is 436 g/mol. The average molecular weight is 459 g/mol. The topological polar surface area (TPSA) is 96.2 Å². The fraction of sp³-hybridized carbons (Fsp3) is 0.240. The molecule has 0 saturated heterocycles. The van der Waals surface area contributed by atoms with Gasteiger partial charge >= 0.3 is 6.03 Å². The number of amides is 2. The summed E-state index contributed by atoms with van der Waals surface area (Å²) < 4.78 is 2.49. The third-order valence-electron chi connectivity index (χ3n) is 6.01. The molecule has 0 radical (unpaired) electrons. The molecule has 2 saturated carbocycles. The number of phenolic OH excluding ortho intramolecular Hbond substituents is 1. The lowest BCUT2D eigenvalue weighted by molar-refractivity contribution is 0.103. The summed E-state index contributed by atoms with van der Waals surface area (Å²) in [4.78, 5) is 26.1. The summed E-state index contributed by atoms with van der Waals surface area (Å²) in [6, 6.07) is 16.5. The number of hydrogen-bond acceptors (Lipinski definition) is 5. The zero-order chi connectivity index (χ0) is 22.5. The summed E-state index contributed by atoms with van der Waals surface area (Å²) in [5.41, 5.74) is 2.40. The van der Waals surface area contributed by atoms with E-state index >= 15 is 0 Å². The van der Waals surface area contributed by atoms with E-state index in [1.807, 2.05) is 36.4 Å². The molecular formula is C25H22N4O3S. The molecule has 2 aromatic carbocycles. The number of aromatic nitrogens is 2. The van der Waals surface area contributed by atoms with Crippen LogP contribution in [-0.4, -0.2) is 32.9 Å². The summed E-state index contributed by atoms with van der Waals surface area (Å²) in [6.45, 7) is 0. The van der Waals surface area contributed by atoms with Gasteiger partial charge in [-0.05, 0) is 67.5 Å². The van der Waals surface area contributed by atoms with E-state index in [0.717, 1.165) is 41.5 Å². The maximum absolute atomic E-state index is 12.8. The van der Waals surface area contributed by atoms with Crippen molar-refractivity contribution >= 4 is 39.0 Å². The normalized spacial score (nSPS) is 15.5. The summed E-state index contributed by atoms with van der Waals surface area (Å²) in [5, 5.41) is 22.0. The third kappa shape index (κ3) is 3.98. The number of anilines is 1. The van der Waals surface area contributed by atoms with E-state index in [2.05, 4.69) is 15.7 Å². The van der Waals surface area contributed by atoms with Crippen molar-refractivity contribution in [3.63, 3.8) is 0 Å². The summed E-state index contributed by atoms with van der Waals surface area (Å²) >= 11 is 1.44. The average Bonchev–Trinajstić information content (AvgIpc) is 3.73. The van der Waals surface area contributed by atoms with Crippen molar-refractivity contribution in [1.29, 1.82) is 0 Å². The van der Waals surface area contributed by atoms with Crippen molar-refractivity contribution in [2.24, 2.45) is 0 Å². The van der Waals surface area contributed by atoms with Gasteiger partial charge in [0.05, 0.1) is 16.3 Å². The van der Waals surface area contributed by atoms with E-state index in [-0.39, 0.29) is 23.7 Å². The number of nitrogens with zero attached hydrogens (tertiary/aromatic N) is 2. The molecule has 8 heteroatoms. The number of carbonyl (C=O) groups excluding carboxylic acids is 2. The van der Waals surface area contributed by atoms with E-state index in [1.54, 1.807) is 12.1 Å². The van der Waals surface area contributed by atoms with Crippen LogP contribution in [0.2, 0.25) is 0 Å². The second-order valence-corrected chi connectivity index (χ2v) is 9.78. The summed E-state index contributed by atoms with van der Waals surface area (Å²) in [6.07, 6.45) is 4.06. The molecule has 6 rings (SSSR count). The SMILES string of the molecule is O=C(Nc1ccc(O)c(-c2cc(C3CC3)n(C(=O)NC3CC3)n2)c1)c1cc2ccccc2s1. The molecule has 2 fully saturated rings. The van der Waals surface area contributed by atoms with E-state index in [9.17, 15) is 14.7 Å². The second kappa shape index (κ2) is 7.74. The molecule has 2 heterocycles. The number of nitrogens with one attached hydrogen (secondary N) is 2. The fourth-order valence-electron chi connectivity index (χ4n) is 3.93. The molecule has 0 aliphatic heterocycles. The number of benzene rings is 2. The largest absolute Gasteiger partial charge is 0.507 e. The smallest absolute Gasteiger partial charge is 0.342 e. The minimum Gasteiger partial charge on any atom is -0.507 e. The van der Waals surface area contributed by atoms with Crippen LogP contribution in [0.3, 0.4) is 0 Å². The standard InChI is InChI=1S/C25H22N4O3S/c30-21-10-9-17(26-24(31)23-11-15-3-1-2-4-22(15)33-23)12-18(21)19-13-20(14-5-6-14)29(28-19)25(32)27-16-7-8-16/h1-4,9-14,16,30H,5-8H2,(H,26,31)(H,27,32). The van der Waals surface area contributed by atoms with Gasteiger partial charge in [-0.3, -0.25) is 4.79 Å². The zero-order valence-electron chi connectivity index (χ0n) is 17.7. The molecule has 3 N–H and O–H groups in total. The van der Waals surface area contributed by atoms with Crippen molar-refractivity contribution in [2.75, 3.05) is 5.32 Å². The summed E-state index contributed by atoms with van der Waals surface area (Å²) in [7, 11) is 0. The van der Waals surface area contributed by atoms with Crippen molar-refractivity contribution in [3.8, 4) is 17.0 Å². The molecule has 0 spiro atoms. The van der Waals surface area contributed by atoms with Crippen molar-refractivity contribution in [2.45, 2.75) is 37.6 Å². The molecule has 2 amide bonds. The lowest BCUT2D eigenvalue weighted by Gasteiger charge is -2.08. The molecule has 0 unspecified atom stereocenters. The van der Waals surface area contributed by atoms with Gasteiger partial charge in [0.1, 0.15) is 5.75 Å². The number of thiophene rings is 1. The van der Waals surface area contributed by atoms with Crippen LogP contribution in [0.1, 0.15) is 47.0 Å².